The third-order valence-corrected chi connectivity index (χ3v) is 3.78. The zero-order valence-electron chi connectivity index (χ0n) is 11.0. The molecular formula is C12H19N3O4. The minimum Gasteiger partial charge on any atom is -0.481 e. The van der Waals surface area contributed by atoms with E-state index in [0.717, 1.165) is 0 Å². The van der Waals surface area contributed by atoms with Gasteiger partial charge in [-0.25, -0.2) is 4.79 Å². The maximum Gasteiger partial charge on any atom is 0.318 e. The zero-order valence-corrected chi connectivity index (χ0v) is 11.0. The Labute approximate surface area is 111 Å². The molecule has 2 aliphatic rings. The lowest BCUT2D eigenvalue weighted by Crippen LogP contribution is -2.51. The van der Waals surface area contributed by atoms with Crippen molar-refractivity contribution >= 4 is 17.9 Å². The molecular weight excluding hydrogens is 250 g/mol. The number of hydrogen-bond acceptors (Lipinski definition) is 3. The van der Waals surface area contributed by atoms with Crippen LogP contribution in [0.3, 0.4) is 0 Å². The van der Waals surface area contributed by atoms with Crippen molar-refractivity contribution in [3.63, 3.8) is 0 Å². The third kappa shape index (κ3) is 2.97. The molecule has 0 aromatic heterocycles. The van der Waals surface area contributed by atoms with Gasteiger partial charge in [-0.3, -0.25) is 9.59 Å². The Bertz CT molecular complexity index is 398. The molecule has 19 heavy (non-hydrogen) atoms. The third-order valence-electron chi connectivity index (χ3n) is 3.78. The van der Waals surface area contributed by atoms with E-state index < -0.39 is 17.9 Å². The molecule has 106 valence electrons. The first-order valence-corrected chi connectivity index (χ1v) is 6.52. The van der Waals surface area contributed by atoms with Crippen LogP contribution in [0.1, 0.15) is 19.3 Å². The van der Waals surface area contributed by atoms with E-state index in [1.165, 1.54) is 4.90 Å². The van der Waals surface area contributed by atoms with Crippen LogP contribution in [0.5, 0.6) is 0 Å². The summed E-state index contributed by atoms with van der Waals surface area (Å²) in [6.45, 7) is 1.41. The second-order valence-electron chi connectivity index (χ2n) is 5.17. The number of hydrogen-bond donors (Lipinski definition) is 2. The minimum atomic E-state index is -0.867. The molecule has 0 bridgehead atoms. The highest BCUT2D eigenvalue weighted by Gasteiger charge is 2.33. The number of urea groups is 1. The molecule has 0 aromatic rings. The Hall–Kier alpha value is -1.79. The number of amides is 3. The fourth-order valence-corrected chi connectivity index (χ4v) is 2.56. The molecule has 2 N–H and O–H groups in total. The molecule has 0 aromatic carbocycles. The molecule has 7 heteroatoms. The van der Waals surface area contributed by atoms with Gasteiger partial charge in [0.05, 0.1) is 5.92 Å². The monoisotopic (exact) mass is 269 g/mol. The highest BCUT2D eigenvalue weighted by Crippen LogP contribution is 2.17. The van der Waals surface area contributed by atoms with Crippen LogP contribution < -0.4 is 5.32 Å². The molecule has 2 atom stereocenters. The molecule has 2 fully saturated rings. The Morgan fingerprint density at radius 2 is 2.05 bits per heavy atom. The number of carbonyl (C=O) groups excluding carboxylic acids is 2. The summed E-state index contributed by atoms with van der Waals surface area (Å²) in [5, 5.41) is 11.7. The first-order chi connectivity index (χ1) is 8.99. The largest absolute Gasteiger partial charge is 0.481 e. The summed E-state index contributed by atoms with van der Waals surface area (Å²) < 4.78 is 0. The van der Waals surface area contributed by atoms with Crippen molar-refractivity contribution in [3.05, 3.63) is 0 Å². The van der Waals surface area contributed by atoms with Crippen molar-refractivity contribution < 1.29 is 19.5 Å². The number of rotatable bonds is 2. The molecule has 2 rings (SSSR count). The molecule has 2 saturated heterocycles. The standard InChI is InChI=1S/C12H19N3O4/c1-14-6-4-9(10(14)16)13-12(19)15-5-2-3-8(7-15)11(17)18/h8-9H,2-7H2,1H3,(H,13,19)(H,17,18)/t8-,9?/m0/s1. The molecule has 0 aliphatic carbocycles. The quantitative estimate of drug-likeness (QED) is 0.721. The average molecular weight is 269 g/mol. The number of likely N-dealkylation sites (tertiary alicyclic amines) is 2. The normalized spacial score (nSPS) is 27.5. The van der Waals surface area contributed by atoms with E-state index in [0.29, 0.717) is 32.4 Å². The number of piperidine rings is 1. The summed E-state index contributed by atoms with van der Waals surface area (Å²) >= 11 is 0. The Kier molecular flexibility index (Phi) is 3.92. The predicted molar refractivity (Wildman–Crippen MR) is 66.5 cm³/mol. The Morgan fingerprint density at radius 1 is 1.32 bits per heavy atom. The van der Waals surface area contributed by atoms with E-state index in [1.54, 1.807) is 11.9 Å². The van der Waals surface area contributed by atoms with Gasteiger partial charge in [-0.05, 0) is 19.3 Å². The first-order valence-electron chi connectivity index (χ1n) is 6.52. The number of likely N-dealkylation sites (N-methyl/N-ethyl adjacent to an activating group) is 1. The summed E-state index contributed by atoms with van der Waals surface area (Å²) in [6.07, 6.45) is 1.89. The van der Waals surface area contributed by atoms with Crippen LogP contribution in [0.25, 0.3) is 0 Å². The molecule has 3 amide bonds. The summed E-state index contributed by atoms with van der Waals surface area (Å²) in [6, 6.07) is -0.803. The fourth-order valence-electron chi connectivity index (χ4n) is 2.56. The molecule has 2 heterocycles. The number of carboxylic acid groups (broad SMARTS) is 1. The highest BCUT2D eigenvalue weighted by atomic mass is 16.4. The van der Waals surface area contributed by atoms with Gasteiger partial charge in [0.2, 0.25) is 5.91 Å². The summed E-state index contributed by atoms with van der Waals surface area (Å²) in [5.74, 6) is -1.45. The first kappa shape index (κ1) is 13.6. The lowest BCUT2D eigenvalue weighted by atomic mass is 9.99. The SMILES string of the molecule is CN1CCC(NC(=O)N2CCC[C@H](C(=O)O)C2)C1=O. The smallest absolute Gasteiger partial charge is 0.318 e. The minimum absolute atomic E-state index is 0.0832. The topological polar surface area (TPSA) is 90.0 Å². The maximum atomic E-state index is 12.0. The molecule has 2 aliphatic heterocycles. The second-order valence-corrected chi connectivity index (χ2v) is 5.17. The van der Waals surface area contributed by atoms with Crippen molar-refractivity contribution in [2.45, 2.75) is 25.3 Å². The van der Waals surface area contributed by atoms with E-state index in [1.807, 2.05) is 0 Å². The van der Waals surface area contributed by atoms with Crippen molar-refractivity contribution in [3.8, 4) is 0 Å². The summed E-state index contributed by atoms with van der Waals surface area (Å²) in [7, 11) is 1.70. The Morgan fingerprint density at radius 3 is 2.63 bits per heavy atom. The fraction of sp³-hybridized carbons (Fsp3) is 0.750. The van der Waals surface area contributed by atoms with Gasteiger partial charge in [0.25, 0.3) is 0 Å². The van der Waals surface area contributed by atoms with E-state index in [9.17, 15) is 14.4 Å². The van der Waals surface area contributed by atoms with E-state index in [2.05, 4.69) is 5.32 Å². The van der Waals surface area contributed by atoms with Gasteiger partial charge in [-0.2, -0.15) is 0 Å². The van der Waals surface area contributed by atoms with Crippen molar-refractivity contribution in [1.82, 2.24) is 15.1 Å². The summed E-state index contributed by atoms with van der Waals surface area (Å²) in [5.41, 5.74) is 0. The lowest BCUT2D eigenvalue weighted by Gasteiger charge is -2.31. The zero-order chi connectivity index (χ0) is 14.0. The van der Waals surface area contributed by atoms with E-state index in [-0.39, 0.29) is 18.5 Å². The average Bonchev–Trinajstić information content (AvgIpc) is 2.71. The number of nitrogens with one attached hydrogen (secondary N) is 1. The van der Waals surface area contributed by atoms with Crippen LogP contribution in [-0.2, 0) is 9.59 Å². The van der Waals surface area contributed by atoms with Crippen LogP contribution in [0.2, 0.25) is 0 Å². The molecule has 7 nitrogen and oxygen atoms in total. The van der Waals surface area contributed by atoms with Crippen molar-refractivity contribution in [2.24, 2.45) is 5.92 Å². The number of aliphatic carboxylic acids is 1. The molecule has 1 unspecified atom stereocenters. The molecule has 0 spiro atoms. The Balaban J connectivity index is 1.89. The van der Waals surface area contributed by atoms with Crippen molar-refractivity contribution in [2.75, 3.05) is 26.7 Å². The van der Waals surface area contributed by atoms with Gasteiger partial charge >= 0.3 is 12.0 Å². The van der Waals surface area contributed by atoms with Crippen LogP contribution in [-0.4, -0.2) is 65.5 Å². The van der Waals surface area contributed by atoms with E-state index in [4.69, 9.17) is 5.11 Å². The highest BCUT2D eigenvalue weighted by molar-refractivity contribution is 5.88. The van der Waals surface area contributed by atoms with Crippen LogP contribution in [0, 0.1) is 5.92 Å². The molecule has 0 saturated carbocycles. The lowest BCUT2D eigenvalue weighted by molar-refractivity contribution is -0.143. The summed E-state index contributed by atoms with van der Waals surface area (Å²) in [4.78, 5) is 37.7. The van der Waals surface area contributed by atoms with Gasteiger partial charge in [0.1, 0.15) is 6.04 Å². The van der Waals surface area contributed by atoms with Gasteiger partial charge < -0.3 is 20.2 Å². The van der Waals surface area contributed by atoms with Gasteiger partial charge in [0, 0.05) is 26.7 Å². The second kappa shape index (κ2) is 5.46. The van der Waals surface area contributed by atoms with Crippen LogP contribution in [0.15, 0.2) is 0 Å². The van der Waals surface area contributed by atoms with Gasteiger partial charge in [0.15, 0.2) is 0 Å². The maximum absolute atomic E-state index is 12.0. The van der Waals surface area contributed by atoms with Gasteiger partial charge in [-0.15, -0.1) is 0 Å². The number of carboxylic acids is 1. The van der Waals surface area contributed by atoms with Crippen LogP contribution >= 0.6 is 0 Å². The van der Waals surface area contributed by atoms with Gasteiger partial charge in [-0.1, -0.05) is 0 Å². The molecule has 0 radical (unpaired) electrons. The number of nitrogens with zero attached hydrogens (tertiary/aromatic N) is 2. The van der Waals surface area contributed by atoms with E-state index >= 15 is 0 Å². The van der Waals surface area contributed by atoms with Crippen molar-refractivity contribution in [1.29, 1.82) is 0 Å². The number of carbonyl (C=O) groups is 3. The predicted octanol–water partition coefficient (Wildman–Crippen LogP) is -0.277. The van der Waals surface area contributed by atoms with Crippen LogP contribution in [0.4, 0.5) is 4.79 Å².